The maximum Gasteiger partial charge on any atom is -0.693 e. The smallest absolute Gasteiger partial charge is 0.693 e. The molecule has 0 saturated carbocycles. The van der Waals surface area contributed by atoms with Gasteiger partial charge in [0.15, 0.2) is 0 Å². The maximum absolute atomic E-state index is 10.3. The minimum atomic E-state index is -0.653. The Morgan fingerprint density at radius 3 is 1.21 bits per heavy atom. The van der Waals surface area contributed by atoms with Crippen LogP contribution in [0.25, 0.3) is 12.3 Å². The summed E-state index contributed by atoms with van der Waals surface area (Å²) in [6.07, 6.45) is 20.2. The third-order valence-electron chi connectivity index (χ3n) is 3.99. The minimum Gasteiger partial charge on any atom is -0.693 e. The Morgan fingerprint density at radius 2 is 1.00 bits per heavy atom. The van der Waals surface area contributed by atoms with Crippen LogP contribution in [-0.4, -0.2) is 11.1 Å². The first-order chi connectivity index (χ1) is 12.6. The third kappa shape index (κ3) is 56.2. The number of hydrogen-bond acceptors (Lipinski definition) is 4. The molecule has 0 fully saturated rings. The molecule has 0 aliphatic rings. The number of halogens is 2. The van der Waals surface area contributed by atoms with Crippen LogP contribution in [0.4, 0.5) is 0 Å². The molecule has 0 rings (SSSR count). The van der Waals surface area contributed by atoms with Crippen molar-refractivity contribution in [2.24, 2.45) is 5.34 Å². The van der Waals surface area contributed by atoms with Gasteiger partial charge in [-0.05, 0) is 6.42 Å². The van der Waals surface area contributed by atoms with E-state index in [2.05, 4.69) is 6.92 Å². The molecule has 176 valence electrons. The molecule has 0 atom stereocenters. The molecule has 0 heterocycles. The van der Waals surface area contributed by atoms with Crippen LogP contribution in [0.1, 0.15) is 110 Å². The molecule has 10 heteroatoms. The number of rotatable bonds is 16. The molecule has 0 spiro atoms. The van der Waals surface area contributed by atoms with Gasteiger partial charge in [0.05, 0.1) is 0 Å². The number of nitrogens with zero attached hydrogens (tertiary/aromatic N) is 1. The molecule has 0 aromatic carbocycles. The number of unbranched alkanes of at least 4 members (excludes halogenated alkanes) is 14. The molecular weight excluding hydrogens is 588 g/mol. The molecule has 0 aliphatic carbocycles. The van der Waals surface area contributed by atoms with Crippen LogP contribution < -0.4 is 0 Å². The summed E-state index contributed by atoms with van der Waals surface area (Å²) in [4.78, 5) is 18.3. The van der Waals surface area contributed by atoms with Crippen molar-refractivity contribution in [3.05, 3.63) is 22.4 Å². The summed E-state index contributed by atoms with van der Waals surface area (Å²) < 4.78 is 0. The summed E-state index contributed by atoms with van der Waals surface area (Å²) in [7, 11) is 9.75. The fourth-order valence-corrected chi connectivity index (χ4v) is 2.65. The molecule has 0 amide bonds. The van der Waals surface area contributed by atoms with Gasteiger partial charge in [-0.25, -0.2) is 0 Å². The van der Waals surface area contributed by atoms with Crippen molar-refractivity contribution in [3.8, 4) is 0 Å². The van der Waals surface area contributed by atoms with Gasteiger partial charge in [-0.2, -0.15) is 0 Å². The van der Waals surface area contributed by atoms with Gasteiger partial charge >= 0.3 is 41.3 Å². The molecule has 0 aromatic heterocycles. The number of hydrogen-bond donors (Lipinski definition) is 1. The fourth-order valence-electron chi connectivity index (χ4n) is 2.65. The number of nitrogens with two attached hydrogens (primary N) is 2. The van der Waals surface area contributed by atoms with Crippen molar-refractivity contribution in [3.63, 3.8) is 0 Å². The second-order valence-electron chi connectivity index (χ2n) is 6.21. The summed E-state index contributed by atoms with van der Waals surface area (Å²) in [5.74, 6) is -0.653. The van der Waals surface area contributed by atoms with E-state index >= 15 is 0 Å². The average Bonchev–Trinajstić information content (AvgIpc) is 2.59. The zero-order chi connectivity index (χ0) is 20.3. The zero-order valence-corrected chi connectivity index (χ0v) is 20.9. The second-order valence-corrected chi connectivity index (χ2v) is 9.50. The van der Waals surface area contributed by atoms with Crippen LogP contribution in [0.5, 0.6) is 0 Å². The number of carboxylic acids is 1. The monoisotopic (exact) mass is 627 g/mol. The molecule has 0 unspecified atom stereocenters. The van der Waals surface area contributed by atoms with Gasteiger partial charge in [-0.1, -0.05) is 96.8 Å². The number of aliphatic carboxylic acids is 1. The molecular formula is C18H40Cl2N3O4Pt-. The maximum atomic E-state index is 10.3. The van der Waals surface area contributed by atoms with Crippen molar-refractivity contribution in [1.82, 2.24) is 0 Å². The van der Waals surface area contributed by atoms with E-state index in [0.29, 0.717) is 6.42 Å². The van der Waals surface area contributed by atoms with Gasteiger partial charge < -0.3 is 27.5 Å². The van der Waals surface area contributed by atoms with Crippen LogP contribution in [0, 0.1) is 10.1 Å². The van der Waals surface area contributed by atoms with Crippen LogP contribution in [0.15, 0.2) is 5.34 Å². The Labute approximate surface area is 188 Å². The predicted octanol–water partition coefficient (Wildman–Crippen LogP) is 9.39. The van der Waals surface area contributed by atoms with Crippen molar-refractivity contribution in [2.45, 2.75) is 110 Å². The fraction of sp³-hybridized carbons (Fsp3) is 0.944. The molecule has 7 nitrogen and oxygen atoms in total. The van der Waals surface area contributed by atoms with Crippen molar-refractivity contribution >= 4 is 24.8 Å². The third-order valence-corrected chi connectivity index (χ3v) is 3.99. The standard InChI is InChI=1S/C18H36O2.2ClH.HNO2.2H2N.Pt/c1-2-3-4-5-6-7-8-9-10-11-12-13-14-15-16-17-18(19)20;;;2-1-3;;;/h2-17H2,1H3,(H,19,20);2*1H;(H,2,3);2*1H2;/q;;;;2*-1;+4/p-3. The van der Waals surface area contributed by atoms with Crippen LogP contribution in [0.2, 0.25) is 0 Å². The molecule has 0 aromatic rings. The first-order valence-corrected chi connectivity index (χ1v) is 15.2. The van der Waals surface area contributed by atoms with Crippen LogP contribution in [-0.2, 0) is 21.3 Å². The Hall–Kier alpha value is 0.0583. The Morgan fingerprint density at radius 1 is 0.786 bits per heavy atom. The summed E-state index contributed by atoms with van der Waals surface area (Å²) in [5.41, 5.74) is 0. The molecule has 28 heavy (non-hydrogen) atoms. The van der Waals surface area contributed by atoms with Crippen molar-refractivity contribution < 1.29 is 26.4 Å². The molecule has 0 bridgehead atoms. The molecule has 0 aliphatic heterocycles. The predicted molar refractivity (Wildman–Crippen MR) is 119 cm³/mol. The van der Waals surface area contributed by atoms with E-state index in [0.717, 1.165) is 18.2 Å². The van der Waals surface area contributed by atoms with Gasteiger partial charge in [0, 0.05) is 6.42 Å². The van der Waals surface area contributed by atoms with E-state index in [1.165, 1.54) is 83.5 Å². The molecule has 5 N–H and O–H groups in total. The van der Waals surface area contributed by atoms with E-state index in [-0.39, 0.29) is 12.3 Å². The Kier molecular flexibility index (Phi) is 57.2. The van der Waals surface area contributed by atoms with Gasteiger partial charge in [-0.3, -0.25) is 4.79 Å². The van der Waals surface area contributed by atoms with Crippen LogP contribution in [0.3, 0.4) is 0 Å². The molecule has 0 saturated heterocycles. The Bertz CT molecular complexity index is 283. The van der Waals surface area contributed by atoms with Gasteiger partial charge in [0.25, 0.3) is 0 Å². The summed E-state index contributed by atoms with van der Waals surface area (Å²) in [5, 5.41) is 17.5. The van der Waals surface area contributed by atoms with Gasteiger partial charge in [0.1, 0.15) is 0 Å². The topological polar surface area (TPSA) is 157 Å². The first-order valence-electron chi connectivity index (χ1n) is 9.59. The van der Waals surface area contributed by atoms with Gasteiger partial charge in [-0.15, -0.1) is 5.34 Å². The zero-order valence-electron chi connectivity index (χ0n) is 17.2. The largest absolute Gasteiger partial charge is 0.693 e. The first kappa shape index (κ1) is 38.6. The van der Waals surface area contributed by atoms with E-state index in [1.807, 2.05) is 0 Å². The second kappa shape index (κ2) is 41.4. The SMILES string of the molecule is CCCCCCCCCCCCCCCCCC(=O)O.O=N[O-].[Cl][Pt+2][Cl].[NH2-].[NH2-]. The number of carbonyl (C=O) groups is 1. The van der Waals surface area contributed by atoms with E-state index < -0.39 is 22.5 Å². The molecule has 0 radical (unpaired) electrons. The van der Waals surface area contributed by atoms with Crippen LogP contribution >= 0.6 is 18.8 Å². The van der Waals surface area contributed by atoms with Gasteiger partial charge in [0.2, 0.25) is 0 Å². The van der Waals surface area contributed by atoms with E-state index in [1.54, 1.807) is 0 Å². The summed E-state index contributed by atoms with van der Waals surface area (Å²) in [6, 6.07) is 0. The van der Waals surface area contributed by atoms with E-state index in [9.17, 15) is 4.79 Å². The summed E-state index contributed by atoms with van der Waals surface area (Å²) in [6.45, 7) is 2.27. The quantitative estimate of drug-likeness (QED) is 0.103. The normalized spacial score (nSPS) is 8.96. The minimum absolute atomic E-state index is 0. The van der Waals surface area contributed by atoms with Crippen molar-refractivity contribution in [1.29, 1.82) is 0 Å². The van der Waals surface area contributed by atoms with Crippen molar-refractivity contribution in [2.75, 3.05) is 0 Å². The van der Waals surface area contributed by atoms with E-state index in [4.69, 9.17) is 34.1 Å². The number of carboxylic acid groups (broad SMARTS) is 1. The summed E-state index contributed by atoms with van der Waals surface area (Å²) >= 11 is -0.472. The Balaban J connectivity index is -0.000000194. The average molecular weight is 629 g/mol.